The van der Waals surface area contributed by atoms with E-state index in [2.05, 4.69) is 0 Å². The number of benzene rings is 2. The van der Waals surface area contributed by atoms with Crippen LogP contribution in [0.25, 0.3) is 0 Å². The highest BCUT2D eigenvalue weighted by Crippen LogP contribution is 2.25. The molecule has 0 aliphatic carbocycles. The Kier molecular flexibility index (Phi) is 4.66. The highest BCUT2D eigenvalue weighted by Gasteiger charge is 2.15. The van der Waals surface area contributed by atoms with Crippen LogP contribution < -0.4 is 5.73 Å². The van der Waals surface area contributed by atoms with Crippen LogP contribution >= 0.6 is 0 Å². The number of halogens is 1. The number of rotatable bonds is 5. The van der Waals surface area contributed by atoms with Gasteiger partial charge < -0.3 is 10.5 Å². The van der Waals surface area contributed by atoms with Gasteiger partial charge >= 0.3 is 0 Å². The van der Waals surface area contributed by atoms with E-state index < -0.39 is 0 Å². The van der Waals surface area contributed by atoms with Gasteiger partial charge in [0.25, 0.3) is 0 Å². The SMILES string of the molecule is CC(OC(CN)c1ccc(F)cc1)c1ccccc1. The second-order valence-corrected chi connectivity index (χ2v) is 4.46. The molecular weight excluding hydrogens is 241 g/mol. The van der Waals surface area contributed by atoms with Gasteiger partial charge in [0.05, 0.1) is 12.2 Å². The molecule has 0 aliphatic heterocycles. The first-order chi connectivity index (χ1) is 9.20. The molecule has 0 saturated heterocycles. The average molecular weight is 259 g/mol. The van der Waals surface area contributed by atoms with Crippen molar-refractivity contribution in [1.29, 1.82) is 0 Å². The maximum absolute atomic E-state index is 12.9. The fraction of sp³-hybridized carbons (Fsp3) is 0.250. The third-order valence-corrected chi connectivity index (χ3v) is 3.09. The van der Waals surface area contributed by atoms with Crippen LogP contribution in [0.5, 0.6) is 0 Å². The summed E-state index contributed by atoms with van der Waals surface area (Å²) in [4.78, 5) is 0. The second kappa shape index (κ2) is 6.45. The highest BCUT2D eigenvalue weighted by molar-refractivity contribution is 5.20. The molecule has 2 nitrogen and oxygen atoms in total. The van der Waals surface area contributed by atoms with Gasteiger partial charge in [0, 0.05) is 6.54 Å². The zero-order valence-electron chi connectivity index (χ0n) is 10.9. The standard InChI is InChI=1S/C16H18FNO/c1-12(13-5-3-2-4-6-13)19-16(11-18)14-7-9-15(17)10-8-14/h2-10,12,16H,11,18H2,1H3. The highest BCUT2D eigenvalue weighted by atomic mass is 19.1. The zero-order chi connectivity index (χ0) is 13.7. The van der Waals surface area contributed by atoms with E-state index in [4.69, 9.17) is 10.5 Å². The molecule has 0 fully saturated rings. The van der Waals surface area contributed by atoms with Gasteiger partial charge in [-0.1, -0.05) is 42.5 Å². The van der Waals surface area contributed by atoms with Gasteiger partial charge in [0.15, 0.2) is 0 Å². The number of hydrogen-bond acceptors (Lipinski definition) is 2. The van der Waals surface area contributed by atoms with Crippen LogP contribution in [0, 0.1) is 5.82 Å². The summed E-state index contributed by atoms with van der Waals surface area (Å²) < 4.78 is 18.9. The molecule has 0 heterocycles. The number of ether oxygens (including phenoxy) is 1. The molecule has 0 spiro atoms. The molecule has 0 saturated carbocycles. The first-order valence-electron chi connectivity index (χ1n) is 6.36. The molecule has 2 atom stereocenters. The van der Waals surface area contributed by atoms with Gasteiger partial charge in [-0.15, -0.1) is 0 Å². The van der Waals surface area contributed by atoms with Crippen molar-refractivity contribution in [2.24, 2.45) is 5.73 Å². The van der Waals surface area contributed by atoms with Gasteiger partial charge in [-0.3, -0.25) is 0 Å². The fourth-order valence-corrected chi connectivity index (χ4v) is 2.00. The number of hydrogen-bond donors (Lipinski definition) is 1. The molecule has 19 heavy (non-hydrogen) atoms. The maximum atomic E-state index is 12.9. The lowest BCUT2D eigenvalue weighted by molar-refractivity contribution is 0.000201. The van der Waals surface area contributed by atoms with Crippen molar-refractivity contribution in [3.63, 3.8) is 0 Å². The molecule has 0 radical (unpaired) electrons. The minimum absolute atomic E-state index is 0.0557. The summed E-state index contributed by atoms with van der Waals surface area (Å²) in [6, 6.07) is 16.2. The van der Waals surface area contributed by atoms with Gasteiger partial charge in [-0.2, -0.15) is 0 Å². The normalized spacial score (nSPS) is 14.1. The molecule has 0 aliphatic rings. The predicted molar refractivity (Wildman–Crippen MR) is 74.1 cm³/mol. The molecule has 100 valence electrons. The van der Waals surface area contributed by atoms with Crippen molar-refractivity contribution >= 4 is 0 Å². The van der Waals surface area contributed by atoms with E-state index in [-0.39, 0.29) is 18.0 Å². The van der Waals surface area contributed by atoms with Crippen LogP contribution in [-0.4, -0.2) is 6.54 Å². The first-order valence-corrected chi connectivity index (χ1v) is 6.36. The van der Waals surface area contributed by atoms with Crippen LogP contribution in [0.4, 0.5) is 4.39 Å². The Bertz CT molecular complexity index is 498. The zero-order valence-corrected chi connectivity index (χ0v) is 10.9. The lowest BCUT2D eigenvalue weighted by Crippen LogP contribution is -2.17. The molecular formula is C16H18FNO. The molecule has 2 rings (SSSR count). The van der Waals surface area contributed by atoms with Crippen LogP contribution in [0.1, 0.15) is 30.3 Å². The summed E-state index contributed by atoms with van der Waals surface area (Å²) in [5.74, 6) is -0.254. The minimum atomic E-state index is -0.254. The molecule has 2 unspecified atom stereocenters. The van der Waals surface area contributed by atoms with Crippen molar-refractivity contribution in [2.75, 3.05) is 6.54 Å². The van der Waals surface area contributed by atoms with Crippen molar-refractivity contribution in [2.45, 2.75) is 19.1 Å². The fourth-order valence-electron chi connectivity index (χ4n) is 2.00. The van der Waals surface area contributed by atoms with Crippen molar-refractivity contribution in [3.8, 4) is 0 Å². The average Bonchev–Trinajstić information content (AvgIpc) is 2.46. The van der Waals surface area contributed by atoms with E-state index in [1.807, 2.05) is 37.3 Å². The Balaban J connectivity index is 2.09. The van der Waals surface area contributed by atoms with Crippen LogP contribution in [0.3, 0.4) is 0 Å². The smallest absolute Gasteiger partial charge is 0.123 e. The maximum Gasteiger partial charge on any atom is 0.123 e. The monoisotopic (exact) mass is 259 g/mol. The third-order valence-electron chi connectivity index (χ3n) is 3.09. The summed E-state index contributed by atoms with van der Waals surface area (Å²) in [7, 11) is 0. The van der Waals surface area contributed by atoms with Gasteiger partial charge in [0.1, 0.15) is 5.82 Å². The summed E-state index contributed by atoms with van der Waals surface area (Å²) in [6.07, 6.45) is -0.282. The van der Waals surface area contributed by atoms with Gasteiger partial charge in [-0.05, 0) is 30.2 Å². The largest absolute Gasteiger partial charge is 0.365 e. The van der Waals surface area contributed by atoms with Crippen LogP contribution in [0.15, 0.2) is 54.6 Å². The quantitative estimate of drug-likeness (QED) is 0.890. The third kappa shape index (κ3) is 3.63. The lowest BCUT2D eigenvalue weighted by Gasteiger charge is -2.22. The van der Waals surface area contributed by atoms with Crippen molar-refractivity contribution < 1.29 is 9.13 Å². The summed E-state index contributed by atoms with van der Waals surface area (Å²) >= 11 is 0. The molecule has 3 heteroatoms. The van der Waals surface area contributed by atoms with E-state index in [9.17, 15) is 4.39 Å². The van der Waals surface area contributed by atoms with Crippen molar-refractivity contribution in [1.82, 2.24) is 0 Å². The lowest BCUT2D eigenvalue weighted by atomic mass is 10.1. The molecule has 2 aromatic rings. The summed E-state index contributed by atoms with van der Waals surface area (Å²) in [5, 5.41) is 0. The molecule has 2 aromatic carbocycles. The Hall–Kier alpha value is -1.71. The van der Waals surface area contributed by atoms with Crippen LogP contribution in [0.2, 0.25) is 0 Å². The van der Waals surface area contributed by atoms with Crippen LogP contribution in [-0.2, 0) is 4.74 Å². The van der Waals surface area contributed by atoms with E-state index in [0.29, 0.717) is 6.54 Å². The minimum Gasteiger partial charge on any atom is -0.365 e. The Morgan fingerprint density at radius 2 is 1.63 bits per heavy atom. The van der Waals surface area contributed by atoms with Gasteiger partial charge in [-0.25, -0.2) is 4.39 Å². The van der Waals surface area contributed by atoms with E-state index in [1.165, 1.54) is 12.1 Å². The molecule has 0 bridgehead atoms. The summed E-state index contributed by atoms with van der Waals surface area (Å²) in [6.45, 7) is 2.35. The second-order valence-electron chi connectivity index (χ2n) is 4.46. The van der Waals surface area contributed by atoms with Gasteiger partial charge in [0.2, 0.25) is 0 Å². The van der Waals surface area contributed by atoms with E-state index in [1.54, 1.807) is 12.1 Å². The van der Waals surface area contributed by atoms with E-state index in [0.717, 1.165) is 11.1 Å². The molecule has 0 amide bonds. The Morgan fingerprint density at radius 3 is 2.21 bits per heavy atom. The van der Waals surface area contributed by atoms with E-state index >= 15 is 0 Å². The molecule has 0 aromatic heterocycles. The number of nitrogens with two attached hydrogens (primary N) is 1. The first kappa shape index (κ1) is 13.7. The van der Waals surface area contributed by atoms with Crippen molar-refractivity contribution in [3.05, 3.63) is 71.5 Å². The Labute approximate surface area is 113 Å². The molecule has 2 N–H and O–H groups in total. The summed E-state index contributed by atoms with van der Waals surface area (Å²) in [5.41, 5.74) is 7.75. The topological polar surface area (TPSA) is 35.2 Å². The predicted octanol–water partition coefficient (Wildman–Crippen LogP) is 3.60. The Morgan fingerprint density at radius 1 is 1.00 bits per heavy atom.